The van der Waals surface area contributed by atoms with Crippen molar-refractivity contribution in [3.8, 4) is 33.4 Å². The Labute approximate surface area is 262 Å². The molecule has 0 amide bonds. The summed E-state index contributed by atoms with van der Waals surface area (Å²) in [6, 6.07) is 0. The van der Waals surface area contributed by atoms with Crippen LogP contribution in [0.5, 0.6) is 0 Å². The van der Waals surface area contributed by atoms with Crippen molar-refractivity contribution >= 4 is 0 Å². The molecule has 276 valence electrons. The number of alkyl halides is 9. The highest BCUT2D eigenvalue weighted by molar-refractivity contribution is 5.87. The molecule has 0 saturated carbocycles. The van der Waals surface area contributed by atoms with Crippen LogP contribution in [0.2, 0.25) is 0 Å². The maximum absolute atomic E-state index is 16.0. The third-order valence-electron chi connectivity index (χ3n) is 6.72. The van der Waals surface area contributed by atoms with E-state index in [4.69, 9.17) is 0 Å². The van der Waals surface area contributed by atoms with Crippen molar-refractivity contribution in [3.05, 3.63) is 104 Å². The summed E-state index contributed by atoms with van der Waals surface area (Å²) < 4.78 is 345. The molecule has 51 heavy (non-hydrogen) atoms. The molecule has 0 N–H and O–H groups in total. The first kappa shape index (κ1) is 39.0. The summed E-state index contributed by atoms with van der Waals surface area (Å²) in [6.07, 6.45) is -20.5. The van der Waals surface area contributed by atoms with Crippen molar-refractivity contribution in [2.75, 3.05) is 0 Å². The Morgan fingerprint density at radius 3 is 0.490 bits per heavy atom. The maximum Gasteiger partial charge on any atom is 0.420 e. The standard InChI is InChI=1S/C27F24/c28-10-4(1-7(25(43,44)45)16(34)22(40)19(37)13(1)31)11(29)6(3-9(27(49,50)51)18(36)24(42)21(39)15(3)33)12(30)5(10)2-8(26(46,47)48)17(35)23(41)20(38)14(2)32. The molecule has 0 aliphatic carbocycles. The Morgan fingerprint density at radius 2 is 0.333 bits per heavy atom. The van der Waals surface area contributed by atoms with E-state index in [1.54, 1.807) is 0 Å². The molecule has 0 heterocycles. The monoisotopic (exact) mass is 780 g/mol. The van der Waals surface area contributed by atoms with Gasteiger partial charge in [-0.1, -0.05) is 0 Å². The first-order valence-corrected chi connectivity index (χ1v) is 12.0. The molecule has 0 radical (unpaired) electrons. The first-order valence-electron chi connectivity index (χ1n) is 12.0. The zero-order valence-electron chi connectivity index (χ0n) is 22.6. The fraction of sp³-hybridized carbons (Fsp3) is 0.111. The number of hydrogen-bond acceptors (Lipinski definition) is 0. The van der Waals surface area contributed by atoms with E-state index in [9.17, 15) is 92.2 Å². The highest BCUT2D eigenvalue weighted by Crippen LogP contribution is 2.53. The molecule has 4 rings (SSSR count). The van der Waals surface area contributed by atoms with Gasteiger partial charge in [-0.25, -0.2) is 65.9 Å². The van der Waals surface area contributed by atoms with Crippen LogP contribution in [-0.4, -0.2) is 0 Å². The zero-order valence-corrected chi connectivity index (χ0v) is 22.6. The number of benzene rings is 4. The van der Waals surface area contributed by atoms with Gasteiger partial charge in [0, 0.05) is 16.7 Å². The van der Waals surface area contributed by atoms with Crippen molar-refractivity contribution in [1.29, 1.82) is 0 Å². The molecular formula is C27F24. The van der Waals surface area contributed by atoms with Gasteiger partial charge in [0.25, 0.3) is 0 Å². The lowest BCUT2D eigenvalue weighted by Crippen LogP contribution is -2.20. The Hall–Kier alpha value is -4.80. The minimum atomic E-state index is -6.82. The molecule has 0 nitrogen and oxygen atoms in total. The first-order chi connectivity index (χ1) is 23.0. The molecule has 0 unspecified atom stereocenters. The fourth-order valence-corrected chi connectivity index (χ4v) is 4.72. The second-order valence-electron chi connectivity index (χ2n) is 9.58. The Kier molecular flexibility index (Phi) is 9.30. The second kappa shape index (κ2) is 12.2. The molecule has 0 bridgehead atoms. The lowest BCUT2D eigenvalue weighted by Gasteiger charge is -2.24. The molecule has 0 aliphatic rings. The normalized spacial score (nSPS) is 12.7. The van der Waals surface area contributed by atoms with Crippen LogP contribution in [0.3, 0.4) is 0 Å². The van der Waals surface area contributed by atoms with E-state index in [0.29, 0.717) is 0 Å². The van der Waals surface area contributed by atoms with Crippen molar-refractivity contribution < 1.29 is 105 Å². The van der Waals surface area contributed by atoms with Crippen molar-refractivity contribution in [2.24, 2.45) is 0 Å². The third-order valence-corrected chi connectivity index (χ3v) is 6.72. The summed E-state index contributed by atoms with van der Waals surface area (Å²) in [5.41, 5.74) is -33.1. The van der Waals surface area contributed by atoms with E-state index < -0.39 is 156 Å². The SMILES string of the molecule is Fc1c(F)c(F)c(C(F)(F)F)c(-c2c(F)c(-c3c(F)c(F)c(F)c(F)c3C(F)(F)F)c(F)c(-c3c(F)c(F)c(F)c(F)c3C(F)(F)F)c2F)c1F. The molecule has 24 heteroatoms. The Bertz CT molecular complexity index is 1890. The smallest absolute Gasteiger partial charge is 0.205 e. The zero-order chi connectivity index (χ0) is 39.4. The van der Waals surface area contributed by atoms with Crippen LogP contribution in [0.25, 0.3) is 33.4 Å². The van der Waals surface area contributed by atoms with Crippen molar-refractivity contribution in [2.45, 2.75) is 18.5 Å². The van der Waals surface area contributed by atoms with Gasteiger partial charge in [0.05, 0.1) is 16.7 Å². The summed E-state index contributed by atoms with van der Waals surface area (Å²) in [6.45, 7) is 0. The van der Waals surface area contributed by atoms with Gasteiger partial charge < -0.3 is 0 Å². The van der Waals surface area contributed by atoms with Gasteiger partial charge in [-0.05, 0) is 0 Å². The lowest BCUT2D eigenvalue weighted by atomic mass is 9.85. The predicted molar refractivity (Wildman–Crippen MR) is 117 cm³/mol. The maximum atomic E-state index is 16.0. The lowest BCUT2D eigenvalue weighted by molar-refractivity contribution is -0.140. The fourth-order valence-electron chi connectivity index (χ4n) is 4.72. The summed E-state index contributed by atoms with van der Waals surface area (Å²) in [7, 11) is 0. The van der Waals surface area contributed by atoms with Gasteiger partial charge in [0.15, 0.2) is 69.8 Å². The van der Waals surface area contributed by atoms with Gasteiger partial charge in [0.2, 0.25) is 0 Å². The average Bonchev–Trinajstić information content (AvgIpc) is 2.99. The third kappa shape index (κ3) is 5.74. The van der Waals surface area contributed by atoms with Gasteiger partial charge >= 0.3 is 18.5 Å². The topological polar surface area (TPSA) is 0 Å². The van der Waals surface area contributed by atoms with Crippen LogP contribution in [0, 0.1) is 87.3 Å². The van der Waals surface area contributed by atoms with Gasteiger partial charge in [0.1, 0.15) is 34.1 Å². The van der Waals surface area contributed by atoms with Gasteiger partial charge in [-0.2, -0.15) is 39.5 Å². The Morgan fingerprint density at radius 1 is 0.176 bits per heavy atom. The Balaban J connectivity index is 2.57. The van der Waals surface area contributed by atoms with Crippen LogP contribution < -0.4 is 0 Å². The summed E-state index contributed by atoms with van der Waals surface area (Å²) >= 11 is 0. The van der Waals surface area contributed by atoms with E-state index in [1.165, 1.54) is 0 Å². The molecule has 0 aromatic heterocycles. The van der Waals surface area contributed by atoms with Gasteiger partial charge in [-0.3, -0.25) is 0 Å². The molecular weight excluding hydrogens is 780 g/mol. The number of hydrogen-bond donors (Lipinski definition) is 0. The highest BCUT2D eigenvalue weighted by Gasteiger charge is 2.50. The summed E-state index contributed by atoms with van der Waals surface area (Å²) in [5, 5.41) is 0. The van der Waals surface area contributed by atoms with E-state index in [2.05, 4.69) is 0 Å². The van der Waals surface area contributed by atoms with Gasteiger partial charge in [-0.15, -0.1) is 0 Å². The van der Waals surface area contributed by atoms with Crippen LogP contribution in [0.1, 0.15) is 16.7 Å². The van der Waals surface area contributed by atoms with E-state index in [-0.39, 0.29) is 0 Å². The summed E-state index contributed by atoms with van der Waals surface area (Å²) in [4.78, 5) is 0. The van der Waals surface area contributed by atoms with Crippen molar-refractivity contribution in [3.63, 3.8) is 0 Å². The largest absolute Gasteiger partial charge is 0.420 e. The van der Waals surface area contributed by atoms with Crippen molar-refractivity contribution in [1.82, 2.24) is 0 Å². The van der Waals surface area contributed by atoms with Crippen LogP contribution in [-0.2, 0) is 18.5 Å². The molecule has 0 aliphatic heterocycles. The molecule has 0 spiro atoms. The predicted octanol–water partition coefficient (Wildman–Crippen LogP) is 11.8. The minimum absolute atomic E-state index is 3.52. The molecule has 4 aromatic rings. The van der Waals surface area contributed by atoms with Crippen LogP contribution in [0.4, 0.5) is 105 Å². The van der Waals surface area contributed by atoms with E-state index >= 15 is 13.2 Å². The van der Waals surface area contributed by atoms with Crippen LogP contribution in [0.15, 0.2) is 0 Å². The minimum Gasteiger partial charge on any atom is -0.205 e. The number of rotatable bonds is 3. The molecule has 0 atom stereocenters. The molecule has 0 saturated heterocycles. The molecule has 0 fully saturated rings. The quantitative estimate of drug-likeness (QED) is 0.110. The van der Waals surface area contributed by atoms with E-state index in [0.717, 1.165) is 0 Å². The second-order valence-corrected chi connectivity index (χ2v) is 9.58. The van der Waals surface area contributed by atoms with Crippen LogP contribution >= 0.6 is 0 Å². The summed E-state index contributed by atoms with van der Waals surface area (Å²) in [5.74, 6) is -55.4. The molecule has 4 aromatic carbocycles. The van der Waals surface area contributed by atoms with E-state index in [1.807, 2.05) is 0 Å². The highest BCUT2D eigenvalue weighted by atomic mass is 19.4. The number of halogens is 24. The average molecular weight is 780 g/mol.